The van der Waals surface area contributed by atoms with Crippen LogP contribution >= 0.6 is 11.6 Å². The first-order valence-electron chi connectivity index (χ1n) is 8.98. The summed E-state index contributed by atoms with van der Waals surface area (Å²) in [5.74, 6) is -0.193. The smallest absolute Gasteiger partial charge is 0.244 e. The van der Waals surface area contributed by atoms with Crippen molar-refractivity contribution in [1.82, 2.24) is 9.80 Å². The first-order valence-corrected chi connectivity index (χ1v) is 9.36. The molecule has 138 valence electrons. The summed E-state index contributed by atoms with van der Waals surface area (Å²) in [4.78, 5) is 28.7. The molecular weight excluding hydrogens is 338 g/mol. The topological polar surface area (TPSA) is 52.7 Å². The molecule has 1 aliphatic heterocycles. The molecule has 25 heavy (non-hydrogen) atoms. The number of piperidine rings is 1. The van der Waals surface area contributed by atoms with Crippen molar-refractivity contribution >= 4 is 29.1 Å². The van der Waals surface area contributed by atoms with Gasteiger partial charge in [0.1, 0.15) is 0 Å². The number of nitrogens with zero attached hydrogens (tertiary/aromatic N) is 2. The number of amides is 2. The number of hydrogen-bond donors (Lipinski definition) is 1. The average Bonchev–Trinajstić information content (AvgIpc) is 2.58. The van der Waals surface area contributed by atoms with Gasteiger partial charge in [-0.1, -0.05) is 24.1 Å². The predicted molar refractivity (Wildman–Crippen MR) is 102 cm³/mol. The molecule has 0 saturated carbocycles. The Hall–Kier alpha value is -1.59. The Morgan fingerprint density at radius 1 is 1.36 bits per heavy atom. The number of benzene rings is 1. The number of anilines is 1. The third-order valence-corrected chi connectivity index (χ3v) is 5.06. The summed E-state index contributed by atoms with van der Waals surface area (Å²) in [7, 11) is 0. The first-order chi connectivity index (χ1) is 11.9. The molecule has 1 atom stereocenters. The molecule has 0 spiro atoms. The Labute approximate surface area is 155 Å². The minimum atomic E-state index is -0.202. The van der Waals surface area contributed by atoms with Gasteiger partial charge in [-0.25, -0.2) is 0 Å². The quantitative estimate of drug-likeness (QED) is 0.841. The van der Waals surface area contributed by atoms with Crippen molar-refractivity contribution in [3.8, 4) is 0 Å². The van der Waals surface area contributed by atoms with Gasteiger partial charge in [-0.2, -0.15) is 0 Å². The lowest BCUT2D eigenvalue weighted by atomic mass is 10.0. The van der Waals surface area contributed by atoms with Gasteiger partial charge in [0.25, 0.3) is 0 Å². The van der Waals surface area contributed by atoms with E-state index in [9.17, 15) is 9.59 Å². The number of carbonyl (C=O) groups excluding carboxylic acids is 2. The summed E-state index contributed by atoms with van der Waals surface area (Å²) < 4.78 is 0. The molecule has 0 unspecified atom stereocenters. The van der Waals surface area contributed by atoms with Gasteiger partial charge < -0.3 is 10.2 Å². The highest BCUT2D eigenvalue weighted by Crippen LogP contribution is 2.20. The fraction of sp³-hybridized carbons (Fsp3) is 0.579. The molecule has 0 radical (unpaired) electrons. The zero-order chi connectivity index (χ0) is 18.4. The van der Waals surface area contributed by atoms with E-state index >= 15 is 0 Å². The minimum absolute atomic E-state index is 0.00853. The van der Waals surface area contributed by atoms with Crippen molar-refractivity contribution in [3.63, 3.8) is 0 Å². The Morgan fingerprint density at radius 3 is 2.80 bits per heavy atom. The van der Waals surface area contributed by atoms with Gasteiger partial charge >= 0.3 is 0 Å². The molecule has 0 aromatic heterocycles. The van der Waals surface area contributed by atoms with Crippen LogP contribution in [0.4, 0.5) is 5.69 Å². The SMILES string of the molecule is CCN(CC(=O)Nc1cc(Cl)ccc1C)C(=O)CN1CCCC[C@H]1C. The Kier molecular flexibility index (Phi) is 7.26. The molecule has 1 fully saturated rings. The van der Waals surface area contributed by atoms with Crippen LogP contribution < -0.4 is 5.32 Å². The molecule has 6 heteroatoms. The number of hydrogen-bond acceptors (Lipinski definition) is 3. The van der Waals surface area contributed by atoms with E-state index in [-0.39, 0.29) is 18.4 Å². The van der Waals surface area contributed by atoms with Crippen molar-refractivity contribution in [2.75, 3.05) is 31.5 Å². The van der Waals surface area contributed by atoms with Crippen LogP contribution in [0.2, 0.25) is 5.02 Å². The largest absolute Gasteiger partial charge is 0.333 e. The fourth-order valence-electron chi connectivity index (χ4n) is 3.13. The van der Waals surface area contributed by atoms with Crippen LogP contribution in [0.5, 0.6) is 0 Å². The standard InChI is InChI=1S/C19H28ClN3O2/c1-4-22(19(25)13-23-10-6-5-7-15(23)3)12-18(24)21-17-11-16(20)9-8-14(17)2/h8-9,11,15H,4-7,10,12-13H2,1-3H3,(H,21,24)/t15-/m1/s1. The number of likely N-dealkylation sites (N-methyl/N-ethyl adjacent to an activating group) is 1. The summed E-state index contributed by atoms with van der Waals surface area (Å²) in [5.41, 5.74) is 1.62. The van der Waals surface area contributed by atoms with Crippen molar-refractivity contribution in [2.45, 2.75) is 46.1 Å². The van der Waals surface area contributed by atoms with E-state index in [1.807, 2.05) is 19.9 Å². The molecule has 1 heterocycles. The fourth-order valence-corrected chi connectivity index (χ4v) is 3.31. The monoisotopic (exact) mass is 365 g/mol. The van der Waals surface area contributed by atoms with E-state index in [4.69, 9.17) is 11.6 Å². The molecule has 1 saturated heterocycles. The summed E-state index contributed by atoms with van der Waals surface area (Å²) in [6.45, 7) is 7.89. The normalized spacial score (nSPS) is 18.0. The van der Waals surface area contributed by atoms with E-state index in [0.717, 1.165) is 24.9 Å². The van der Waals surface area contributed by atoms with Gasteiger partial charge in [0.05, 0.1) is 13.1 Å². The van der Waals surface area contributed by atoms with Crippen LogP contribution in [0.3, 0.4) is 0 Å². The Balaban J connectivity index is 1.92. The van der Waals surface area contributed by atoms with E-state index in [1.54, 1.807) is 17.0 Å². The van der Waals surface area contributed by atoms with Crippen LogP contribution in [0.1, 0.15) is 38.7 Å². The lowest BCUT2D eigenvalue weighted by molar-refractivity contribution is -0.136. The van der Waals surface area contributed by atoms with Crippen molar-refractivity contribution in [3.05, 3.63) is 28.8 Å². The number of carbonyl (C=O) groups is 2. The van der Waals surface area contributed by atoms with Crippen molar-refractivity contribution < 1.29 is 9.59 Å². The summed E-state index contributed by atoms with van der Waals surface area (Å²) in [6.07, 6.45) is 3.50. The molecule has 0 aliphatic carbocycles. The highest BCUT2D eigenvalue weighted by atomic mass is 35.5. The van der Waals surface area contributed by atoms with Gasteiger partial charge in [-0.05, 0) is 57.9 Å². The number of aryl methyl sites for hydroxylation is 1. The van der Waals surface area contributed by atoms with Gasteiger partial charge in [-0.3, -0.25) is 14.5 Å². The number of likely N-dealkylation sites (tertiary alicyclic amines) is 1. The predicted octanol–water partition coefficient (Wildman–Crippen LogP) is 3.31. The van der Waals surface area contributed by atoms with Gasteiger partial charge in [0.15, 0.2) is 0 Å². The van der Waals surface area contributed by atoms with E-state index in [1.165, 1.54) is 6.42 Å². The third-order valence-electron chi connectivity index (χ3n) is 4.82. The van der Waals surface area contributed by atoms with Crippen LogP contribution in [-0.4, -0.2) is 53.8 Å². The van der Waals surface area contributed by atoms with Gasteiger partial charge in [-0.15, -0.1) is 0 Å². The van der Waals surface area contributed by atoms with Crippen molar-refractivity contribution in [2.24, 2.45) is 0 Å². The van der Waals surface area contributed by atoms with E-state index in [0.29, 0.717) is 29.8 Å². The molecule has 1 N–H and O–H groups in total. The zero-order valence-electron chi connectivity index (χ0n) is 15.3. The second-order valence-corrected chi connectivity index (χ2v) is 7.17. The maximum absolute atomic E-state index is 12.6. The molecule has 1 aromatic carbocycles. The molecular formula is C19H28ClN3O2. The molecule has 1 aromatic rings. The lowest BCUT2D eigenvalue weighted by Crippen LogP contribution is -2.47. The Bertz CT molecular complexity index is 621. The Morgan fingerprint density at radius 2 is 2.12 bits per heavy atom. The third kappa shape index (κ3) is 5.72. The highest BCUT2D eigenvalue weighted by molar-refractivity contribution is 6.31. The minimum Gasteiger partial charge on any atom is -0.333 e. The van der Waals surface area contributed by atoms with Crippen LogP contribution in [0.25, 0.3) is 0 Å². The summed E-state index contributed by atoms with van der Waals surface area (Å²) >= 11 is 5.98. The number of rotatable bonds is 6. The lowest BCUT2D eigenvalue weighted by Gasteiger charge is -2.34. The molecule has 2 rings (SSSR count). The van der Waals surface area contributed by atoms with Crippen LogP contribution in [-0.2, 0) is 9.59 Å². The summed E-state index contributed by atoms with van der Waals surface area (Å²) in [5, 5.41) is 3.42. The van der Waals surface area contributed by atoms with Crippen LogP contribution in [0.15, 0.2) is 18.2 Å². The highest BCUT2D eigenvalue weighted by Gasteiger charge is 2.24. The molecule has 1 aliphatic rings. The molecule has 5 nitrogen and oxygen atoms in total. The van der Waals surface area contributed by atoms with E-state index < -0.39 is 0 Å². The van der Waals surface area contributed by atoms with Crippen LogP contribution in [0, 0.1) is 6.92 Å². The van der Waals surface area contributed by atoms with Gasteiger partial charge in [0.2, 0.25) is 11.8 Å². The van der Waals surface area contributed by atoms with E-state index in [2.05, 4.69) is 17.1 Å². The summed E-state index contributed by atoms with van der Waals surface area (Å²) in [6, 6.07) is 5.80. The maximum Gasteiger partial charge on any atom is 0.244 e. The second kappa shape index (κ2) is 9.20. The zero-order valence-corrected chi connectivity index (χ0v) is 16.1. The number of halogens is 1. The average molecular weight is 366 g/mol. The van der Waals surface area contributed by atoms with Crippen molar-refractivity contribution in [1.29, 1.82) is 0 Å². The molecule has 2 amide bonds. The first kappa shape index (κ1) is 19.7. The van der Waals surface area contributed by atoms with Gasteiger partial charge in [0, 0.05) is 23.3 Å². The maximum atomic E-state index is 12.6. The number of nitrogens with one attached hydrogen (secondary N) is 1. The second-order valence-electron chi connectivity index (χ2n) is 6.73. The molecule has 0 bridgehead atoms.